The predicted octanol–water partition coefficient (Wildman–Crippen LogP) is 2.77. The molecule has 1 heterocycles. The molecule has 1 fully saturated rings. The highest BCUT2D eigenvalue weighted by Crippen LogP contribution is 2.24. The number of hydrogen-bond donors (Lipinski definition) is 2. The zero-order valence-corrected chi connectivity index (χ0v) is 13.0. The highest BCUT2D eigenvalue weighted by atomic mass is 16.1. The van der Waals surface area contributed by atoms with Crippen molar-refractivity contribution in [2.24, 2.45) is 5.92 Å². The van der Waals surface area contributed by atoms with E-state index < -0.39 is 0 Å². The third-order valence-corrected chi connectivity index (χ3v) is 3.99. The summed E-state index contributed by atoms with van der Waals surface area (Å²) in [6.07, 6.45) is 0.636. The minimum absolute atomic E-state index is 0.0737. The molecule has 0 bridgehead atoms. The van der Waals surface area contributed by atoms with E-state index in [-0.39, 0.29) is 17.4 Å². The fraction of sp³-hybridized carbons (Fsp3) is 0.588. The van der Waals surface area contributed by atoms with Crippen molar-refractivity contribution in [3.05, 3.63) is 35.4 Å². The third kappa shape index (κ3) is 3.83. The first-order valence-electron chi connectivity index (χ1n) is 7.47. The molecule has 2 rings (SSSR count). The molecule has 1 amide bonds. The summed E-state index contributed by atoms with van der Waals surface area (Å²) >= 11 is 0. The molecule has 2 N–H and O–H groups in total. The number of amides is 1. The lowest BCUT2D eigenvalue weighted by molar-refractivity contribution is -0.123. The maximum absolute atomic E-state index is 11.9. The van der Waals surface area contributed by atoms with E-state index in [0.29, 0.717) is 12.3 Å². The van der Waals surface area contributed by atoms with Gasteiger partial charge in [-0.1, -0.05) is 45.0 Å². The fourth-order valence-electron chi connectivity index (χ4n) is 2.41. The fourth-order valence-corrected chi connectivity index (χ4v) is 2.41. The normalized spacial score (nSPS) is 17.4. The van der Waals surface area contributed by atoms with Crippen molar-refractivity contribution in [1.29, 1.82) is 0 Å². The Kier molecular flexibility index (Phi) is 4.48. The van der Waals surface area contributed by atoms with Gasteiger partial charge in [0.15, 0.2) is 0 Å². The van der Waals surface area contributed by atoms with Gasteiger partial charge in [0.2, 0.25) is 5.91 Å². The second-order valence-electron chi connectivity index (χ2n) is 6.89. The summed E-state index contributed by atoms with van der Waals surface area (Å²) in [5, 5.41) is 6.28. The average molecular weight is 274 g/mol. The van der Waals surface area contributed by atoms with Gasteiger partial charge in [0.25, 0.3) is 0 Å². The quantitative estimate of drug-likeness (QED) is 0.886. The van der Waals surface area contributed by atoms with Gasteiger partial charge in [-0.2, -0.15) is 0 Å². The Hall–Kier alpha value is -1.35. The van der Waals surface area contributed by atoms with Crippen LogP contribution < -0.4 is 10.6 Å². The number of hydrogen-bond acceptors (Lipinski definition) is 2. The van der Waals surface area contributed by atoms with Gasteiger partial charge in [-0.25, -0.2) is 0 Å². The molecule has 1 saturated heterocycles. The lowest BCUT2D eigenvalue weighted by atomic mass is 9.86. The lowest BCUT2D eigenvalue weighted by Crippen LogP contribution is -2.44. The summed E-state index contributed by atoms with van der Waals surface area (Å²) in [5.41, 5.74) is 2.65. The Morgan fingerprint density at radius 3 is 2.35 bits per heavy atom. The molecule has 0 radical (unpaired) electrons. The van der Waals surface area contributed by atoms with E-state index in [1.807, 2.05) is 6.92 Å². The first-order chi connectivity index (χ1) is 9.36. The topological polar surface area (TPSA) is 41.1 Å². The number of nitrogens with one attached hydrogen (secondary N) is 2. The van der Waals surface area contributed by atoms with Crippen molar-refractivity contribution in [3.63, 3.8) is 0 Å². The van der Waals surface area contributed by atoms with E-state index in [9.17, 15) is 4.79 Å². The summed E-state index contributed by atoms with van der Waals surface area (Å²) in [7, 11) is 0. The first-order valence-corrected chi connectivity index (χ1v) is 7.47. The first kappa shape index (κ1) is 15.0. The van der Waals surface area contributed by atoms with Crippen LogP contribution in [0.15, 0.2) is 24.3 Å². The molecule has 20 heavy (non-hydrogen) atoms. The largest absolute Gasteiger partial charge is 0.350 e. The van der Waals surface area contributed by atoms with Crippen molar-refractivity contribution in [2.45, 2.75) is 45.6 Å². The molecule has 0 aliphatic carbocycles. The van der Waals surface area contributed by atoms with Crippen molar-refractivity contribution >= 4 is 5.91 Å². The van der Waals surface area contributed by atoms with Gasteiger partial charge in [0.05, 0.1) is 6.04 Å². The van der Waals surface area contributed by atoms with Gasteiger partial charge >= 0.3 is 0 Å². The van der Waals surface area contributed by atoms with Crippen LogP contribution >= 0.6 is 0 Å². The Morgan fingerprint density at radius 1 is 1.30 bits per heavy atom. The zero-order chi connectivity index (χ0) is 14.8. The highest BCUT2D eigenvalue weighted by molar-refractivity contribution is 5.76. The summed E-state index contributed by atoms with van der Waals surface area (Å²) < 4.78 is 0. The van der Waals surface area contributed by atoms with E-state index in [4.69, 9.17) is 0 Å². The Bertz CT molecular complexity index is 455. The smallest absolute Gasteiger partial charge is 0.220 e. The van der Waals surface area contributed by atoms with Gasteiger partial charge < -0.3 is 10.6 Å². The Balaban J connectivity index is 1.91. The van der Waals surface area contributed by atoms with E-state index in [1.165, 1.54) is 5.56 Å². The molecule has 110 valence electrons. The summed E-state index contributed by atoms with van der Waals surface area (Å²) in [6, 6.07) is 8.64. The van der Waals surface area contributed by atoms with Crippen molar-refractivity contribution < 1.29 is 4.79 Å². The van der Waals surface area contributed by atoms with Crippen LogP contribution in [0.1, 0.15) is 51.3 Å². The van der Waals surface area contributed by atoms with Gasteiger partial charge in [0.1, 0.15) is 0 Å². The zero-order valence-electron chi connectivity index (χ0n) is 13.0. The van der Waals surface area contributed by atoms with Gasteiger partial charge in [-0.3, -0.25) is 4.79 Å². The van der Waals surface area contributed by atoms with E-state index in [2.05, 4.69) is 55.7 Å². The van der Waals surface area contributed by atoms with E-state index >= 15 is 0 Å². The molecule has 0 spiro atoms. The molecule has 0 aromatic heterocycles. The Morgan fingerprint density at radius 2 is 1.90 bits per heavy atom. The number of carbonyl (C=O) groups is 1. The molecule has 0 saturated carbocycles. The molecule has 1 aliphatic heterocycles. The minimum atomic E-state index is 0.0737. The summed E-state index contributed by atoms with van der Waals surface area (Å²) in [4.78, 5) is 11.9. The van der Waals surface area contributed by atoms with Gasteiger partial charge in [0, 0.05) is 6.42 Å². The molecule has 3 nitrogen and oxygen atoms in total. The molecule has 1 unspecified atom stereocenters. The molecule has 1 aromatic carbocycles. The third-order valence-electron chi connectivity index (χ3n) is 3.99. The van der Waals surface area contributed by atoms with Crippen LogP contribution in [0, 0.1) is 5.92 Å². The van der Waals surface area contributed by atoms with Crippen LogP contribution in [-0.2, 0) is 10.2 Å². The molecule has 1 aliphatic rings. The van der Waals surface area contributed by atoms with Crippen LogP contribution in [0.3, 0.4) is 0 Å². The standard InChI is InChI=1S/C17H26N2O/c1-12(19-16(20)9-13-10-18-11-13)14-5-7-15(8-6-14)17(2,3)4/h5-8,12-13,18H,9-11H2,1-4H3,(H,19,20). The average Bonchev–Trinajstić information content (AvgIpc) is 2.33. The molecular weight excluding hydrogens is 248 g/mol. The molecular formula is C17H26N2O. The maximum atomic E-state index is 11.9. The minimum Gasteiger partial charge on any atom is -0.350 e. The summed E-state index contributed by atoms with van der Waals surface area (Å²) in [5.74, 6) is 0.675. The predicted molar refractivity (Wildman–Crippen MR) is 82.7 cm³/mol. The van der Waals surface area contributed by atoms with Crippen LogP contribution in [0.5, 0.6) is 0 Å². The van der Waals surface area contributed by atoms with E-state index in [0.717, 1.165) is 18.7 Å². The second-order valence-corrected chi connectivity index (χ2v) is 6.89. The van der Waals surface area contributed by atoms with Crippen LogP contribution in [-0.4, -0.2) is 19.0 Å². The van der Waals surface area contributed by atoms with Crippen LogP contribution in [0.2, 0.25) is 0 Å². The number of benzene rings is 1. The summed E-state index contributed by atoms with van der Waals surface area (Å²) in [6.45, 7) is 10.6. The van der Waals surface area contributed by atoms with Gasteiger partial charge in [-0.15, -0.1) is 0 Å². The van der Waals surface area contributed by atoms with Crippen LogP contribution in [0.4, 0.5) is 0 Å². The van der Waals surface area contributed by atoms with Gasteiger partial charge in [-0.05, 0) is 42.5 Å². The van der Waals surface area contributed by atoms with E-state index in [1.54, 1.807) is 0 Å². The van der Waals surface area contributed by atoms with Crippen LogP contribution in [0.25, 0.3) is 0 Å². The molecule has 1 aromatic rings. The number of rotatable bonds is 4. The van der Waals surface area contributed by atoms with Crippen molar-refractivity contribution in [1.82, 2.24) is 10.6 Å². The van der Waals surface area contributed by atoms with Crippen molar-refractivity contribution in [2.75, 3.05) is 13.1 Å². The SMILES string of the molecule is CC(NC(=O)CC1CNC1)c1ccc(C(C)(C)C)cc1. The monoisotopic (exact) mass is 274 g/mol. The second kappa shape index (κ2) is 5.96. The Labute approximate surface area is 122 Å². The maximum Gasteiger partial charge on any atom is 0.220 e. The molecule has 3 heteroatoms. The highest BCUT2D eigenvalue weighted by Gasteiger charge is 2.21. The molecule has 1 atom stereocenters. The lowest BCUT2D eigenvalue weighted by Gasteiger charge is -2.27. The van der Waals surface area contributed by atoms with Crippen molar-refractivity contribution in [3.8, 4) is 0 Å². The number of carbonyl (C=O) groups excluding carboxylic acids is 1.